The van der Waals surface area contributed by atoms with Gasteiger partial charge in [0.05, 0.1) is 39.9 Å². The summed E-state index contributed by atoms with van der Waals surface area (Å²) in [5, 5.41) is 13.9. The van der Waals surface area contributed by atoms with E-state index < -0.39 is 20.0 Å². The van der Waals surface area contributed by atoms with Crippen molar-refractivity contribution in [2.75, 3.05) is 40.9 Å². The number of nitrogens with zero attached hydrogens (tertiary/aromatic N) is 1. The van der Waals surface area contributed by atoms with E-state index in [4.69, 9.17) is 9.05 Å². The maximum Gasteiger partial charge on any atom is 0.268 e. The molecule has 0 aliphatic heterocycles. The van der Waals surface area contributed by atoms with Crippen LogP contribution in [-0.2, 0) is 18.4 Å². The second-order valence-corrected chi connectivity index (χ2v) is 25.6. The largest absolute Gasteiger partial charge is 0.756 e. The Bertz CT molecular complexity index is 1390. The number of carbonyl (C=O) groups is 1. The first-order valence-corrected chi connectivity index (χ1v) is 35.0. The Morgan fingerprint density at radius 3 is 1.09 bits per heavy atom. The maximum atomic E-state index is 13.0. The Balaban J connectivity index is 3.85. The van der Waals surface area contributed by atoms with Gasteiger partial charge < -0.3 is 28.8 Å². The van der Waals surface area contributed by atoms with Gasteiger partial charge in [-0.3, -0.25) is 9.36 Å². The van der Waals surface area contributed by atoms with Gasteiger partial charge in [0, 0.05) is 6.42 Å². The molecule has 8 nitrogen and oxygen atoms in total. The highest BCUT2D eigenvalue weighted by molar-refractivity contribution is 7.45. The molecule has 0 fully saturated rings. The predicted molar refractivity (Wildman–Crippen MR) is 334 cm³/mol. The number of phosphoric ester groups is 1. The third kappa shape index (κ3) is 61.9. The predicted octanol–water partition coefficient (Wildman–Crippen LogP) is 20.4. The van der Waals surface area contributed by atoms with Crippen LogP contribution in [-0.4, -0.2) is 68.5 Å². The van der Waals surface area contributed by atoms with Crippen LogP contribution >= 0.6 is 7.82 Å². The van der Waals surface area contributed by atoms with E-state index in [9.17, 15) is 19.4 Å². The summed E-state index contributed by atoms with van der Waals surface area (Å²) >= 11 is 0. The molecule has 0 aromatic carbocycles. The van der Waals surface area contributed by atoms with Crippen molar-refractivity contribution in [1.29, 1.82) is 0 Å². The summed E-state index contributed by atoms with van der Waals surface area (Å²) in [7, 11) is 1.27. The summed E-state index contributed by atoms with van der Waals surface area (Å²) in [5.41, 5.74) is 0. The first kappa shape index (κ1) is 75.5. The van der Waals surface area contributed by atoms with E-state index in [1.165, 1.54) is 257 Å². The number of quaternary nitrogens is 1. The molecule has 454 valence electrons. The Kier molecular flexibility index (Phi) is 57.9. The van der Waals surface area contributed by atoms with E-state index in [1.54, 1.807) is 6.08 Å². The zero-order chi connectivity index (χ0) is 56.3. The van der Waals surface area contributed by atoms with Gasteiger partial charge in [-0.25, -0.2) is 0 Å². The Labute approximate surface area is 479 Å². The van der Waals surface area contributed by atoms with Gasteiger partial charge in [-0.05, 0) is 57.8 Å². The number of aliphatic hydroxyl groups excluding tert-OH is 1. The van der Waals surface area contributed by atoms with Crippen LogP contribution in [0.25, 0.3) is 0 Å². The Morgan fingerprint density at radius 1 is 0.455 bits per heavy atom. The highest BCUT2D eigenvalue weighted by atomic mass is 31.2. The smallest absolute Gasteiger partial charge is 0.268 e. The normalized spacial score (nSPS) is 14.0. The lowest BCUT2D eigenvalue weighted by atomic mass is 10.0. The van der Waals surface area contributed by atoms with E-state index in [0.29, 0.717) is 17.4 Å². The molecule has 0 aromatic heterocycles. The van der Waals surface area contributed by atoms with E-state index in [-0.39, 0.29) is 19.1 Å². The molecule has 9 heteroatoms. The number of likely N-dealkylation sites (N-methyl/N-ethyl adjacent to an activating group) is 1. The summed E-state index contributed by atoms with van der Waals surface area (Å²) < 4.78 is 23.4. The zero-order valence-electron chi connectivity index (χ0n) is 51.9. The number of carbonyl (C=O) groups excluding carboxylic acids is 1. The lowest BCUT2D eigenvalue weighted by Crippen LogP contribution is -2.45. The standard InChI is InChI=1S/C68H131N2O6P/c1-6-8-10-12-14-16-18-20-22-23-24-25-26-27-28-29-30-31-32-33-34-35-36-37-38-39-40-41-42-43-44-45-46-47-48-50-52-54-56-58-60-62-68(72)69-66(65-76-77(73,74)75-64-63-70(3,4)5)67(71)61-59-57-55-53-51-49-21-19-17-15-13-11-9-7-2/h18,20,23-24,26-27,59,61,66-67,71H,6-17,19,21-22,25,28-58,60,62-65H2,1-5H3,(H-,69,72,73,74)/b20-18-,24-23-,27-26-,61-59+. The molecule has 0 aliphatic carbocycles. The van der Waals surface area contributed by atoms with Crippen LogP contribution in [0.4, 0.5) is 0 Å². The summed E-state index contributed by atoms with van der Waals surface area (Å²) in [6.45, 7) is 4.66. The van der Waals surface area contributed by atoms with Gasteiger partial charge >= 0.3 is 0 Å². The quantitative estimate of drug-likeness (QED) is 0.0272. The number of rotatable bonds is 62. The molecule has 0 rings (SSSR count). The maximum absolute atomic E-state index is 13.0. The lowest BCUT2D eigenvalue weighted by Gasteiger charge is -2.29. The van der Waals surface area contributed by atoms with Gasteiger partial charge in [0.2, 0.25) is 5.91 Å². The minimum atomic E-state index is -4.59. The van der Waals surface area contributed by atoms with Crippen LogP contribution in [0.15, 0.2) is 48.6 Å². The van der Waals surface area contributed by atoms with Crippen LogP contribution in [0.5, 0.6) is 0 Å². The molecule has 2 N–H and O–H groups in total. The second-order valence-electron chi connectivity index (χ2n) is 24.2. The first-order chi connectivity index (χ1) is 37.5. The first-order valence-electron chi connectivity index (χ1n) is 33.5. The van der Waals surface area contributed by atoms with Gasteiger partial charge in [-0.2, -0.15) is 0 Å². The molecular weight excluding hydrogens is 972 g/mol. The van der Waals surface area contributed by atoms with Crippen LogP contribution < -0.4 is 10.2 Å². The van der Waals surface area contributed by atoms with E-state index in [1.807, 2.05) is 27.2 Å². The number of unbranched alkanes of at least 4 members (excludes halogenated alkanes) is 43. The second kappa shape index (κ2) is 59.1. The molecule has 3 atom stereocenters. The number of amides is 1. The van der Waals surface area contributed by atoms with Crippen molar-refractivity contribution >= 4 is 13.7 Å². The SMILES string of the molecule is CCCCCCC/C=C\C/C=C\C/C=C\CCCCCCCCCCCCCCCCCCCCCCCCCCCCC(=O)NC(COP(=O)([O-])OCC[N+](C)(C)C)C(O)/C=C/CCCCCCCCCCCCCC. The van der Waals surface area contributed by atoms with Crippen molar-refractivity contribution in [2.24, 2.45) is 0 Å². The highest BCUT2D eigenvalue weighted by Crippen LogP contribution is 2.38. The lowest BCUT2D eigenvalue weighted by molar-refractivity contribution is -0.870. The molecular formula is C68H131N2O6P. The van der Waals surface area contributed by atoms with E-state index in [0.717, 1.165) is 51.4 Å². The third-order valence-corrected chi connectivity index (χ3v) is 16.2. The molecule has 0 aromatic rings. The van der Waals surface area contributed by atoms with Crippen molar-refractivity contribution < 1.29 is 32.9 Å². The van der Waals surface area contributed by atoms with Crippen LogP contribution in [0.1, 0.15) is 328 Å². The average molecular weight is 1100 g/mol. The number of phosphoric acid groups is 1. The van der Waals surface area contributed by atoms with Gasteiger partial charge in [-0.1, -0.05) is 313 Å². The number of hydrogen-bond acceptors (Lipinski definition) is 6. The minimum Gasteiger partial charge on any atom is -0.756 e. The van der Waals surface area contributed by atoms with Gasteiger partial charge in [-0.15, -0.1) is 0 Å². The van der Waals surface area contributed by atoms with Crippen molar-refractivity contribution in [3.05, 3.63) is 48.6 Å². The van der Waals surface area contributed by atoms with Gasteiger partial charge in [0.15, 0.2) is 0 Å². The van der Waals surface area contributed by atoms with Crippen LogP contribution in [0.2, 0.25) is 0 Å². The summed E-state index contributed by atoms with van der Waals surface area (Å²) in [6, 6.07) is -0.884. The molecule has 0 radical (unpaired) electrons. The molecule has 1 amide bonds. The van der Waals surface area contributed by atoms with Crippen molar-refractivity contribution in [3.63, 3.8) is 0 Å². The van der Waals surface area contributed by atoms with E-state index in [2.05, 4.69) is 55.6 Å². The van der Waals surface area contributed by atoms with Gasteiger partial charge in [0.1, 0.15) is 13.2 Å². The fourth-order valence-corrected chi connectivity index (χ4v) is 10.8. The Hall–Kier alpha value is -1.54. The zero-order valence-corrected chi connectivity index (χ0v) is 52.8. The third-order valence-electron chi connectivity index (χ3n) is 15.3. The van der Waals surface area contributed by atoms with Crippen molar-refractivity contribution in [2.45, 2.75) is 341 Å². The van der Waals surface area contributed by atoms with Gasteiger partial charge in [0.25, 0.3) is 7.82 Å². The molecule has 0 aliphatic rings. The fourth-order valence-electron chi connectivity index (χ4n) is 10.0. The molecule has 0 bridgehead atoms. The summed E-state index contributed by atoms with van der Waals surface area (Å²) in [4.78, 5) is 25.5. The minimum absolute atomic E-state index is 0.000743. The molecule has 0 saturated heterocycles. The topological polar surface area (TPSA) is 108 Å². The fraction of sp³-hybridized carbons (Fsp3) is 0.868. The molecule has 0 saturated carbocycles. The van der Waals surface area contributed by atoms with Crippen LogP contribution in [0, 0.1) is 0 Å². The molecule has 3 unspecified atom stereocenters. The highest BCUT2D eigenvalue weighted by Gasteiger charge is 2.23. The monoisotopic (exact) mass is 1100 g/mol. The van der Waals surface area contributed by atoms with Crippen molar-refractivity contribution in [1.82, 2.24) is 5.32 Å². The molecule has 0 spiro atoms. The van der Waals surface area contributed by atoms with Crippen LogP contribution in [0.3, 0.4) is 0 Å². The summed E-state index contributed by atoms with van der Waals surface area (Å²) in [5.74, 6) is -0.192. The number of nitrogens with one attached hydrogen (secondary N) is 1. The molecule has 77 heavy (non-hydrogen) atoms. The van der Waals surface area contributed by atoms with E-state index >= 15 is 0 Å². The van der Waals surface area contributed by atoms with Crippen molar-refractivity contribution in [3.8, 4) is 0 Å². The summed E-state index contributed by atoms with van der Waals surface area (Å²) in [6.07, 6.45) is 79.5. The Morgan fingerprint density at radius 2 is 0.753 bits per heavy atom. The average Bonchev–Trinajstić information content (AvgIpc) is 3.39. The molecule has 0 heterocycles. The number of aliphatic hydroxyl groups is 1. The number of hydrogen-bond donors (Lipinski definition) is 2. The number of allylic oxidation sites excluding steroid dienone is 7.